The molecular weight excluding hydrogens is 311 g/mol. The number of hydrogen-bond acceptors (Lipinski definition) is 3. The van der Waals surface area contributed by atoms with Gasteiger partial charge >= 0.3 is 7.12 Å². The molecule has 1 heterocycles. The van der Waals surface area contributed by atoms with Gasteiger partial charge in [0, 0.05) is 17.8 Å². The van der Waals surface area contributed by atoms with Gasteiger partial charge in [-0.3, -0.25) is 4.79 Å². The van der Waals surface area contributed by atoms with Crippen LogP contribution < -0.4 is 0 Å². The van der Waals surface area contributed by atoms with Crippen molar-refractivity contribution in [2.75, 3.05) is 0 Å². The maximum absolute atomic E-state index is 12.8. The van der Waals surface area contributed by atoms with Gasteiger partial charge in [0.1, 0.15) is 0 Å². The molecule has 3 rings (SSSR count). The standard InChI is InChI=1S/C21H25BO3/c1-20(2)21(3,4)25-22(24-20)18(16-11-7-5-8-12-16)15-19(23)17-13-9-6-10-14-17/h5-14,18H,15H2,1-4H3/t18-/m1/s1. The van der Waals surface area contributed by atoms with Crippen LogP contribution in [0.5, 0.6) is 0 Å². The van der Waals surface area contributed by atoms with Crippen molar-refractivity contribution in [3.05, 3.63) is 71.8 Å². The predicted octanol–water partition coefficient (Wildman–Crippen LogP) is 4.67. The highest BCUT2D eigenvalue weighted by Gasteiger charge is 2.54. The molecule has 3 nitrogen and oxygen atoms in total. The fourth-order valence-electron chi connectivity index (χ4n) is 3.07. The Morgan fingerprint density at radius 1 is 0.880 bits per heavy atom. The molecule has 0 unspecified atom stereocenters. The molecule has 0 aliphatic carbocycles. The summed E-state index contributed by atoms with van der Waals surface area (Å²) in [6, 6.07) is 19.4. The Kier molecular flexibility index (Phi) is 4.85. The summed E-state index contributed by atoms with van der Waals surface area (Å²) in [5.74, 6) is -0.0425. The first-order chi connectivity index (χ1) is 11.8. The van der Waals surface area contributed by atoms with Gasteiger partial charge in [0.2, 0.25) is 0 Å². The normalized spacial score (nSPS) is 19.6. The van der Waals surface area contributed by atoms with E-state index in [1.54, 1.807) is 0 Å². The molecule has 0 spiro atoms. The van der Waals surface area contributed by atoms with Crippen molar-refractivity contribution in [3.8, 4) is 0 Å². The Morgan fingerprint density at radius 2 is 1.36 bits per heavy atom. The van der Waals surface area contributed by atoms with Crippen LogP contribution in [0.2, 0.25) is 0 Å². The molecule has 2 aromatic rings. The van der Waals surface area contributed by atoms with E-state index in [-0.39, 0.29) is 11.6 Å². The van der Waals surface area contributed by atoms with Gasteiger partial charge in [-0.2, -0.15) is 0 Å². The second kappa shape index (κ2) is 6.78. The van der Waals surface area contributed by atoms with Gasteiger partial charge in [-0.05, 0) is 33.3 Å². The number of hydrogen-bond donors (Lipinski definition) is 0. The molecule has 1 fully saturated rings. The zero-order valence-corrected chi connectivity index (χ0v) is 15.4. The van der Waals surface area contributed by atoms with Crippen molar-refractivity contribution in [1.29, 1.82) is 0 Å². The largest absolute Gasteiger partial charge is 0.466 e. The van der Waals surface area contributed by atoms with E-state index in [1.165, 1.54) is 0 Å². The molecular formula is C21H25BO3. The Hall–Kier alpha value is -1.91. The highest BCUT2D eigenvalue weighted by atomic mass is 16.7. The Labute approximate surface area is 150 Å². The average molecular weight is 336 g/mol. The monoisotopic (exact) mass is 336 g/mol. The quantitative estimate of drug-likeness (QED) is 0.588. The maximum Gasteiger partial charge on any atom is 0.466 e. The number of carbonyl (C=O) groups is 1. The van der Waals surface area contributed by atoms with Gasteiger partial charge in [-0.25, -0.2) is 0 Å². The number of rotatable bonds is 5. The van der Waals surface area contributed by atoms with Crippen LogP contribution in [0.3, 0.4) is 0 Å². The van der Waals surface area contributed by atoms with Gasteiger partial charge in [0.25, 0.3) is 0 Å². The smallest absolute Gasteiger partial charge is 0.403 e. The van der Waals surface area contributed by atoms with E-state index in [0.717, 1.165) is 11.1 Å². The van der Waals surface area contributed by atoms with E-state index in [9.17, 15) is 4.79 Å². The molecule has 0 amide bonds. The minimum atomic E-state index is -0.444. The molecule has 0 aromatic heterocycles. The van der Waals surface area contributed by atoms with Crippen molar-refractivity contribution in [2.24, 2.45) is 0 Å². The summed E-state index contributed by atoms with van der Waals surface area (Å²) in [4.78, 5) is 12.8. The summed E-state index contributed by atoms with van der Waals surface area (Å²) in [5, 5.41) is 0. The van der Waals surface area contributed by atoms with Gasteiger partial charge in [-0.1, -0.05) is 60.7 Å². The van der Waals surface area contributed by atoms with Crippen LogP contribution in [-0.2, 0) is 9.31 Å². The van der Waals surface area contributed by atoms with Gasteiger partial charge in [0.05, 0.1) is 11.2 Å². The minimum Gasteiger partial charge on any atom is -0.403 e. The van der Waals surface area contributed by atoms with Crippen LogP contribution in [0.1, 0.15) is 55.9 Å². The van der Waals surface area contributed by atoms with Crippen LogP contribution in [0, 0.1) is 0 Å². The number of benzene rings is 2. The lowest BCUT2D eigenvalue weighted by Crippen LogP contribution is -2.41. The zero-order chi connectivity index (χ0) is 18.1. The molecule has 1 saturated heterocycles. The highest BCUT2D eigenvalue weighted by molar-refractivity contribution is 6.48. The van der Waals surface area contributed by atoms with Crippen LogP contribution in [0.15, 0.2) is 60.7 Å². The predicted molar refractivity (Wildman–Crippen MR) is 101 cm³/mol. The SMILES string of the molecule is CC1(C)OB([C@H](CC(=O)c2ccccc2)c2ccccc2)OC1(C)C. The van der Waals surface area contributed by atoms with Crippen LogP contribution in [0.25, 0.3) is 0 Å². The van der Waals surface area contributed by atoms with Crippen molar-refractivity contribution < 1.29 is 14.1 Å². The molecule has 2 aromatic carbocycles. The summed E-state index contributed by atoms with van der Waals surface area (Å²) in [6.07, 6.45) is 0.352. The van der Waals surface area contributed by atoms with Crippen LogP contribution in [-0.4, -0.2) is 24.1 Å². The molecule has 1 aliphatic heterocycles. The van der Waals surface area contributed by atoms with Crippen molar-refractivity contribution in [2.45, 2.75) is 51.1 Å². The Balaban J connectivity index is 1.88. The van der Waals surface area contributed by atoms with Crippen molar-refractivity contribution >= 4 is 12.9 Å². The van der Waals surface area contributed by atoms with E-state index < -0.39 is 18.3 Å². The first-order valence-corrected chi connectivity index (χ1v) is 8.79. The molecule has 1 atom stereocenters. The van der Waals surface area contributed by atoms with Crippen LogP contribution >= 0.6 is 0 Å². The molecule has 130 valence electrons. The van der Waals surface area contributed by atoms with Crippen molar-refractivity contribution in [1.82, 2.24) is 0 Å². The topological polar surface area (TPSA) is 35.5 Å². The Bertz CT molecular complexity index is 709. The number of Topliss-reactive ketones (excluding diaryl/α,β-unsaturated/α-hetero) is 1. The van der Waals surface area contributed by atoms with E-state index in [4.69, 9.17) is 9.31 Å². The third kappa shape index (κ3) is 3.70. The molecule has 0 radical (unpaired) electrons. The minimum absolute atomic E-state index is 0.101. The average Bonchev–Trinajstić information content (AvgIpc) is 2.81. The second-order valence-corrected chi connectivity index (χ2v) is 7.64. The first-order valence-electron chi connectivity index (χ1n) is 8.79. The second-order valence-electron chi connectivity index (χ2n) is 7.64. The highest BCUT2D eigenvalue weighted by Crippen LogP contribution is 2.42. The summed E-state index contributed by atoms with van der Waals surface area (Å²) < 4.78 is 12.5. The number of carbonyl (C=O) groups excluding carboxylic acids is 1. The summed E-state index contributed by atoms with van der Waals surface area (Å²) in [7, 11) is -0.444. The van der Waals surface area contributed by atoms with E-state index >= 15 is 0 Å². The summed E-state index contributed by atoms with van der Waals surface area (Å²) >= 11 is 0. The van der Waals surface area contributed by atoms with E-state index in [0.29, 0.717) is 6.42 Å². The lowest BCUT2D eigenvalue weighted by Gasteiger charge is -2.32. The summed E-state index contributed by atoms with van der Waals surface area (Å²) in [6.45, 7) is 8.14. The number of ketones is 1. The molecule has 4 heteroatoms. The van der Waals surface area contributed by atoms with Crippen molar-refractivity contribution in [3.63, 3.8) is 0 Å². The Morgan fingerprint density at radius 3 is 1.88 bits per heavy atom. The third-order valence-corrected chi connectivity index (χ3v) is 5.33. The fourth-order valence-corrected chi connectivity index (χ4v) is 3.07. The molecule has 25 heavy (non-hydrogen) atoms. The van der Waals surface area contributed by atoms with E-state index in [2.05, 4.69) is 0 Å². The lowest BCUT2D eigenvalue weighted by molar-refractivity contribution is 0.00578. The molecule has 1 aliphatic rings. The first kappa shape index (κ1) is 17.9. The third-order valence-electron chi connectivity index (χ3n) is 5.33. The molecule has 0 N–H and O–H groups in total. The zero-order valence-electron chi connectivity index (χ0n) is 15.4. The van der Waals surface area contributed by atoms with Gasteiger partial charge in [0.15, 0.2) is 5.78 Å². The molecule has 0 saturated carbocycles. The summed E-state index contributed by atoms with van der Waals surface area (Å²) in [5.41, 5.74) is 0.950. The van der Waals surface area contributed by atoms with Gasteiger partial charge < -0.3 is 9.31 Å². The lowest BCUT2D eigenvalue weighted by atomic mass is 9.65. The fraction of sp³-hybridized carbons (Fsp3) is 0.381. The molecule has 0 bridgehead atoms. The van der Waals surface area contributed by atoms with Gasteiger partial charge in [-0.15, -0.1) is 0 Å². The maximum atomic E-state index is 12.8. The van der Waals surface area contributed by atoms with Crippen LogP contribution in [0.4, 0.5) is 0 Å². The van der Waals surface area contributed by atoms with E-state index in [1.807, 2.05) is 88.4 Å².